The minimum Gasteiger partial charge on any atom is -0.350 e. The average Bonchev–Trinajstić information content (AvgIpc) is 2.94. The lowest BCUT2D eigenvalue weighted by Crippen LogP contribution is -2.23. The molecular weight excluding hydrogens is 292 g/mol. The van der Waals surface area contributed by atoms with Crippen LogP contribution in [-0.4, -0.2) is 21.0 Å². The summed E-state index contributed by atoms with van der Waals surface area (Å²) < 4.78 is 5.21. The molecule has 0 fully saturated rings. The lowest BCUT2D eigenvalue weighted by atomic mass is 9.96. The first-order valence-electron chi connectivity index (χ1n) is 7.87. The quantitative estimate of drug-likeness (QED) is 0.886. The monoisotopic (exact) mass is 316 g/mol. The Labute approximate surface area is 136 Å². The highest BCUT2D eigenvalue weighted by Gasteiger charge is 2.20. The Hall–Kier alpha value is -2.24. The van der Waals surface area contributed by atoms with Crippen molar-refractivity contribution in [1.29, 1.82) is 0 Å². The zero-order valence-corrected chi connectivity index (χ0v) is 14.2. The smallest absolute Gasteiger partial charge is 0.226 e. The van der Waals surface area contributed by atoms with E-state index in [1.807, 2.05) is 45.9 Å². The van der Waals surface area contributed by atoms with Crippen molar-refractivity contribution in [1.82, 2.24) is 20.4 Å². The van der Waals surface area contributed by atoms with Gasteiger partial charge in [0.05, 0.1) is 12.2 Å². The van der Waals surface area contributed by atoms with Gasteiger partial charge in [-0.1, -0.05) is 32.0 Å². The SMILES string of the molecule is Cc1cccc(CNC(=O)CCCc2nc(C(C)(C)C)no2)n1. The molecule has 0 bridgehead atoms. The van der Waals surface area contributed by atoms with Crippen LogP contribution in [0.4, 0.5) is 0 Å². The fourth-order valence-corrected chi connectivity index (χ4v) is 2.04. The van der Waals surface area contributed by atoms with Crippen LogP contribution >= 0.6 is 0 Å². The van der Waals surface area contributed by atoms with E-state index in [0.717, 1.165) is 11.4 Å². The van der Waals surface area contributed by atoms with Crippen molar-refractivity contribution in [2.24, 2.45) is 0 Å². The van der Waals surface area contributed by atoms with E-state index in [0.29, 0.717) is 37.5 Å². The summed E-state index contributed by atoms with van der Waals surface area (Å²) in [7, 11) is 0. The topological polar surface area (TPSA) is 80.9 Å². The van der Waals surface area contributed by atoms with Gasteiger partial charge in [-0.3, -0.25) is 9.78 Å². The number of hydrogen-bond acceptors (Lipinski definition) is 5. The molecule has 0 aliphatic heterocycles. The minimum atomic E-state index is -0.125. The second-order valence-corrected chi connectivity index (χ2v) is 6.66. The Bertz CT molecular complexity index is 659. The number of carbonyl (C=O) groups excluding carboxylic acids is 1. The van der Waals surface area contributed by atoms with Gasteiger partial charge in [0.25, 0.3) is 0 Å². The Kier molecular flexibility index (Phi) is 5.47. The van der Waals surface area contributed by atoms with E-state index >= 15 is 0 Å². The van der Waals surface area contributed by atoms with Crippen molar-refractivity contribution in [2.75, 3.05) is 0 Å². The zero-order valence-electron chi connectivity index (χ0n) is 14.2. The Morgan fingerprint density at radius 2 is 2.04 bits per heavy atom. The summed E-state index contributed by atoms with van der Waals surface area (Å²) >= 11 is 0. The summed E-state index contributed by atoms with van der Waals surface area (Å²) in [4.78, 5) is 20.6. The van der Waals surface area contributed by atoms with Crippen molar-refractivity contribution in [3.63, 3.8) is 0 Å². The summed E-state index contributed by atoms with van der Waals surface area (Å²) in [6.07, 6.45) is 1.72. The normalized spacial score (nSPS) is 11.5. The third kappa shape index (κ3) is 5.47. The van der Waals surface area contributed by atoms with Crippen LogP contribution in [0.2, 0.25) is 0 Å². The van der Waals surface area contributed by atoms with Gasteiger partial charge in [0.2, 0.25) is 11.8 Å². The molecule has 2 rings (SSSR count). The molecule has 0 radical (unpaired) electrons. The number of nitrogens with one attached hydrogen (secondary N) is 1. The molecule has 0 aliphatic carbocycles. The summed E-state index contributed by atoms with van der Waals surface area (Å²) in [6.45, 7) is 8.49. The van der Waals surface area contributed by atoms with E-state index in [4.69, 9.17) is 4.52 Å². The van der Waals surface area contributed by atoms with Crippen molar-refractivity contribution >= 4 is 5.91 Å². The molecule has 0 saturated heterocycles. The molecule has 0 aromatic carbocycles. The maximum absolute atomic E-state index is 11.9. The van der Waals surface area contributed by atoms with Gasteiger partial charge in [-0.2, -0.15) is 4.98 Å². The van der Waals surface area contributed by atoms with Crippen LogP contribution in [0.15, 0.2) is 22.7 Å². The highest BCUT2D eigenvalue weighted by Crippen LogP contribution is 2.18. The van der Waals surface area contributed by atoms with E-state index in [1.54, 1.807) is 0 Å². The van der Waals surface area contributed by atoms with Crippen LogP contribution in [0.5, 0.6) is 0 Å². The molecular formula is C17H24N4O2. The molecule has 6 nitrogen and oxygen atoms in total. The largest absolute Gasteiger partial charge is 0.350 e. The van der Waals surface area contributed by atoms with Crippen LogP contribution in [0, 0.1) is 6.92 Å². The molecule has 2 heterocycles. The molecule has 0 aliphatic rings. The highest BCUT2D eigenvalue weighted by molar-refractivity contribution is 5.75. The molecule has 0 spiro atoms. The maximum Gasteiger partial charge on any atom is 0.226 e. The standard InChI is InChI=1S/C17H24N4O2/c1-12-7-5-8-13(19-12)11-18-14(22)9-6-10-15-20-16(21-23-15)17(2,3)4/h5,7-8H,6,9-11H2,1-4H3,(H,18,22). The van der Waals surface area contributed by atoms with E-state index < -0.39 is 0 Å². The Balaban J connectivity index is 1.71. The third-order valence-corrected chi connectivity index (χ3v) is 3.35. The Morgan fingerprint density at radius 1 is 1.26 bits per heavy atom. The van der Waals surface area contributed by atoms with Gasteiger partial charge in [0.1, 0.15) is 0 Å². The molecule has 124 valence electrons. The van der Waals surface area contributed by atoms with Crippen LogP contribution < -0.4 is 5.32 Å². The molecule has 2 aromatic rings. The fraction of sp³-hybridized carbons (Fsp3) is 0.529. The summed E-state index contributed by atoms with van der Waals surface area (Å²) in [5.41, 5.74) is 1.69. The highest BCUT2D eigenvalue weighted by atomic mass is 16.5. The van der Waals surface area contributed by atoms with E-state index in [-0.39, 0.29) is 11.3 Å². The van der Waals surface area contributed by atoms with E-state index in [1.165, 1.54) is 0 Å². The lowest BCUT2D eigenvalue weighted by Gasteiger charge is -2.10. The number of aromatic nitrogens is 3. The van der Waals surface area contributed by atoms with Crippen LogP contribution in [0.25, 0.3) is 0 Å². The predicted molar refractivity (Wildman–Crippen MR) is 86.8 cm³/mol. The number of nitrogens with zero attached hydrogens (tertiary/aromatic N) is 3. The second-order valence-electron chi connectivity index (χ2n) is 6.66. The van der Waals surface area contributed by atoms with Crippen molar-refractivity contribution < 1.29 is 9.32 Å². The van der Waals surface area contributed by atoms with Gasteiger partial charge in [0, 0.05) is 24.0 Å². The van der Waals surface area contributed by atoms with E-state index in [9.17, 15) is 4.79 Å². The van der Waals surface area contributed by atoms with Crippen LogP contribution in [0.3, 0.4) is 0 Å². The number of aryl methyl sites for hydroxylation is 2. The number of pyridine rings is 1. The molecule has 1 amide bonds. The molecule has 6 heteroatoms. The zero-order chi connectivity index (χ0) is 16.9. The third-order valence-electron chi connectivity index (χ3n) is 3.35. The molecule has 23 heavy (non-hydrogen) atoms. The van der Waals surface area contributed by atoms with Gasteiger partial charge >= 0.3 is 0 Å². The number of rotatable bonds is 6. The maximum atomic E-state index is 11.9. The van der Waals surface area contributed by atoms with Crippen LogP contribution in [-0.2, 0) is 23.2 Å². The first kappa shape index (κ1) is 17.1. The summed E-state index contributed by atoms with van der Waals surface area (Å²) in [6, 6.07) is 5.77. The van der Waals surface area contributed by atoms with Crippen LogP contribution in [0.1, 0.15) is 56.7 Å². The van der Waals surface area contributed by atoms with Gasteiger partial charge in [-0.05, 0) is 25.5 Å². The van der Waals surface area contributed by atoms with Crippen molar-refractivity contribution in [2.45, 2.75) is 58.9 Å². The van der Waals surface area contributed by atoms with Gasteiger partial charge in [-0.25, -0.2) is 0 Å². The van der Waals surface area contributed by atoms with Gasteiger partial charge in [-0.15, -0.1) is 0 Å². The fourth-order valence-electron chi connectivity index (χ4n) is 2.04. The summed E-state index contributed by atoms with van der Waals surface area (Å²) in [5, 5.41) is 6.85. The average molecular weight is 316 g/mol. The predicted octanol–water partition coefficient (Wildman–Crippen LogP) is 2.71. The molecule has 0 atom stereocenters. The second kappa shape index (κ2) is 7.35. The summed E-state index contributed by atoms with van der Waals surface area (Å²) in [5.74, 6) is 1.29. The van der Waals surface area contributed by atoms with E-state index in [2.05, 4.69) is 20.4 Å². The molecule has 2 aromatic heterocycles. The Morgan fingerprint density at radius 3 is 2.70 bits per heavy atom. The number of amides is 1. The first-order valence-corrected chi connectivity index (χ1v) is 7.87. The van der Waals surface area contributed by atoms with Crippen molar-refractivity contribution in [3.8, 4) is 0 Å². The molecule has 1 N–H and O–H groups in total. The number of hydrogen-bond donors (Lipinski definition) is 1. The molecule has 0 unspecified atom stereocenters. The lowest BCUT2D eigenvalue weighted by molar-refractivity contribution is -0.121. The number of carbonyl (C=O) groups is 1. The van der Waals surface area contributed by atoms with Gasteiger partial charge < -0.3 is 9.84 Å². The van der Waals surface area contributed by atoms with Crippen molar-refractivity contribution in [3.05, 3.63) is 41.3 Å². The van der Waals surface area contributed by atoms with Gasteiger partial charge in [0.15, 0.2) is 5.82 Å². The minimum absolute atomic E-state index is 0.00358. The first-order chi connectivity index (χ1) is 10.8. The molecule has 0 saturated carbocycles.